The minimum atomic E-state index is 0.520. The van der Waals surface area contributed by atoms with Gasteiger partial charge in [-0.2, -0.15) is 0 Å². The van der Waals surface area contributed by atoms with Gasteiger partial charge in [0.15, 0.2) is 0 Å². The van der Waals surface area contributed by atoms with Crippen molar-refractivity contribution in [3.63, 3.8) is 0 Å². The molecule has 1 aromatic heterocycles. The summed E-state index contributed by atoms with van der Waals surface area (Å²) in [5.74, 6) is 6.92. The van der Waals surface area contributed by atoms with Crippen molar-refractivity contribution in [2.75, 3.05) is 0 Å². The third-order valence-corrected chi connectivity index (χ3v) is 10.3. The van der Waals surface area contributed by atoms with E-state index in [1.165, 1.54) is 68.6 Å². The lowest BCUT2D eigenvalue weighted by Gasteiger charge is -2.56. The van der Waals surface area contributed by atoms with Gasteiger partial charge in [0.2, 0.25) is 0 Å². The molecule has 1 nitrogen and oxygen atoms in total. The lowest BCUT2D eigenvalue weighted by atomic mass is 9.49. The van der Waals surface area contributed by atoms with Crippen LogP contribution in [-0.4, -0.2) is 4.98 Å². The van der Waals surface area contributed by atoms with Crippen LogP contribution in [0.3, 0.4) is 0 Å². The standard InChI is InChI=1S/C28H37N/c1-18-3-7-23-20(15-18)6-8-25-24(23)11-13-28(2)26(9-10-27(25)28)21-5-4-19-12-14-29-17-22(19)16-21/h4-5,12,14,16-18,20,23-27H,3,6-11,13,15H2,1-2H3/t18-,20-,23-,24+,25+,26+,27-,28+/m0/s1. The van der Waals surface area contributed by atoms with Crippen molar-refractivity contribution in [2.45, 2.75) is 77.6 Å². The maximum absolute atomic E-state index is 4.38. The van der Waals surface area contributed by atoms with Gasteiger partial charge in [-0.15, -0.1) is 0 Å². The number of pyridine rings is 1. The summed E-state index contributed by atoms with van der Waals surface area (Å²) in [6.07, 6.45) is 17.5. The van der Waals surface area contributed by atoms with Crippen LogP contribution in [0.15, 0.2) is 36.7 Å². The van der Waals surface area contributed by atoms with Gasteiger partial charge in [-0.25, -0.2) is 0 Å². The molecule has 4 aliphatic rings. The Bertz CT molecular complexity index is 902. The van der Waals surface area contributed by atoms with Crippen LogP contribution >= 0.6 is 0 Å². The van der Waals surface area contributed by atoms with E-state index in [9.17, 15) is 0 Å². The summed E-state index contributed by atoms with van der Waals surface area (Å²) in [4.78, 5) is 4.38. The van der Waals surface area contributed by atoms with Crippen LogP contribution in [0.5, 0.6) is 0 Å². The monoisotopic (exact) mass is 387 g/mol. The first-order chi connectivity index (χ1) is 14.1. The first-order valence-corrected chi connectivity index (χ1v) is 12.5. The van der Waals surface area contributed by atoms with E-state index in [-0.39, 0.29) is 0 Å². The lowest BCUT2D eigenvalue weighted by molar-refractivity contribution is -0.0594. The van der Waals surface area contributed by atoms with Crippen LogP contribution < -0.4 is 0 Å². The van der Waals surface area contributed by atoms with Crippen molar-refractivity contribution in [1.82, 2.24) is 4.98 Å². The molecule has 0 N–H and O–H groups in total. The largest absolute Gasteiger partial charge is 0.264 e. The Labute approximate surface area is 176 Å². The van der Waals surface area contributed by atoms with Gasteiger partial charge in [-0.05, 0) is 121 Å². The average Bonchev–Trinajstić information content (AvgIpc) is 3.10. The molecule has 4 fully saturated rings. The van der Waals surface area contributed by atoms with Gasteiger partial charge in [0, 0.05) is 17.8 Å². The number of aromatic nitrogens is 1. The fraction of sp³-hybridized carbons (Fsp3) is 0.679. The van der Waals surface area contributed by atoms with Crippen LogP contribution in [-0.2, 0) is 0 Å². The Kier molecular flexibility index (Phi) is 4.33. The molecule has 29 heavy (non-hydrogen) atoms. The van der Waals surface area contributed by atoms with Gasteiger partial charge >= 0.3 is 0 Å². The Morgan fingerprint density at radius 1 is 0.862 bits per heavy atom. The number of fused-ring (bicyclic) bond motifs is 6. The normalized spacial score (nSPS) is 44.1. The van der Waals surface area contributed by atoms with Gasteiger partial charge < -0.3 is 0 Å². The molecule has 0 unspecified atom stereocenters. The van der Waals surface area contributed by atoms with Crippen molar-refractivity contribution in [2.24, 2.45) is 40.9 Å². The summed E-state index contributed by atoms with van der Waals surface area (Å²) in [5.41, 5.74) is 2.11. The molecule has 1 aromatic carbocycles. The summed E-state index contributed by atoms with van der Waals surface area (Å²) in [6.45, 7) is 5.18. The Balaban J connectivity index is 1.29. The summed E-state index contributed by atoms with van der Waals surface area (Å²) >= 11 is 0. The average molecular weight is 388 g/mol. The molecule has 0 saturated heterocycles. The predicted molar refractivity (Wildman–Crippen MR) is 121 cm³/mol. The van der Waals surface area contributed by atoms with E-state index in [0.29, 0.717) is 5.41 Å². The lowest BCUT2D eigenvalue weighted by Crippen LogP contribution is -2.48. The Morgan fingerprint density at radius 2 is 1.76 bits per heavy atom. The van der Waals surface area contributed by atoms with E-state index in [2.05, 4.69) is 49.3 Å². The topological polar surface area (TPSA) is 12.9 Å². The molecular weight excluding hydrogens is 350 g/mol. The molecule has 0 aliphatic heterocycles. The van der Waals surface area contributed by atoms with Crippen molar-refractivity contribution < 1.29 is 0 Å². The molecule has 8 atom stereocenters. The van der Waals surface area contributed by atoms with E-state index in [1.54, 1.807) is 5.56 Å². The molecule has 1 heterocycles. The second-order valence-corrected chi connectivity index (χ2v) is 11.5. The molecule has 154 valence electrons. The van der Waals surface area contributed by atoms with E-state index >= 15 is 0 Å². The second-order valence-electron chi connectivity index (χ2n) is 11.5. The van der Waals surface area contributed by atoms with E-state index < -0.39 is 0 Å². The summed E-state index contributed by atoms with van der Waals surface area (Å²) in [7, 11) is 0. The van der Waals surface area contributed by atoms with Gasteiger partial charge in [0.05, 0.1) is 0 Å². The zero-order chi connectivity index (χ0) is 19.6. The molecule has 2 aromatic rings. The van der Waals surface area contributed by atoms with Gasteiger partial charge in [0.1, 0.15) is 0 Å². The molecule has 0 bridgehead atoms. The summed E-state index contributed by atoms with van der Waals surface area (Å²) < 4.78 is 0. The van der Waals surface area contributed by atoms with E-state index in [4.69, 9.17) is 0 Å². The zero-order valence-electron chi connectivity index (χ0n) is 18.3. The smallest absolute Gasteiger partial charge is 0.0346 e. The maximum atomic E-state index is 4.38. The van der Waals surface area contributed by atoms with E-state index in [1.807, 2.05) is 6.20 Å². The highest BCUT2D eigenvalue weighted by atomic mass is 14.6. The number of hydrogen-bond donors (Lipinski definition) is 0. The van der Waals surface area contributed by atoms with Crippen LogP contribution in [0.1, 0.15) is 83.1 Å². The molecule has 0 amide bonds. The van der Waals surface area contributed by atoms with Crippen LogP contribution in [0.4, 0.5) is 0 Å². The fourth-order valence-corrected chi connectivity index (χ4v) is 8.96. The van der Waals surface area contributed by atoms with Gasteiger partial charge in [-0.3, -0.25) is 4.98 Å². The molecule has 4 saturated carbocycles. The third kappa shape index (κ3) is 2.82. The third-order valence-electron chi connectivity index (χ3n) is 10.3. The first kappa shape index (κ1) is 18.4. The minimum Gasteiger partial charge on any atom is -0.264 e. The highest BCUT2D eigenvalue weighted by Gasteiger charge is 2.57. The quantitative estimate of drug-likeness (QED) is 0.491. The van der Waals surface area contributed by atoms with Gasteiger partial charge in [0.25, 0.3) is 0 Å². The van der Waals surface area contributed by atoms with Crippen LogP contribution in [0.25, 0.3) is 10.8 Å². The highest BCUT2D eigenvalue weighted by Crippen LogP contribution is 2.66. The van der Waals surface area contributed by atoms with Crippen molar-refractivity contribution in [3.05, 3.63) is 42.2 Å². The number of hydrogen-bond acceptors (Lipinski definition) is 1. The van der Waals surface area contributed by atoms with Gasteiger partial charge in [-0.1, -0.05) is 32.4 Å². The highest BCUT2D eigenvalue weighted by molar-refractivity contribution is 5.82. The molecular formula is C28H37N. The number of nitrogens with zero attached hydrogens (tertiary/aromatic N) is 1. The van der Waals surface area contributed by atoms with E-state index in [0.717, 1.165) is 41.4 Å². The summed E-state index contributed by atoms with van der Waals surface area (Å²) in [6, 6.07) is 9.38. The minimum absolute atomic E-state index is 0.520. The molecule has 0 spiro atoms. The molecule has 0 radical (unpaired) electrons. The van der Waals surface area contributed by atoms with Crippen molar-refractivity contribution in [1.29, 1.82) is 0 Å². The van der Waals surface area contributed by atoms with Crippen LogP contribution in [0.2, 0.25) is 0 Å². The predicted octanol–water partition coefficient (Wildman–Crippen LogP) is 7.61. The Hall–Kier alpha value is -1.37. The fourth-order valence-electron chi connectivity index (χ4n) is 8.96. The molecule has 1 heteroatoms. The zero-order valence-corrected chi connectivity index (χ0v) is 18.3. The second kappa shape index (κ2) is 6.82. The Morgan fingerprint density at radius 3 is 2.69 bits per heavy atom. The molecule has 6 rings (SSSR count). The first-order valence-electron chi connectivity index (χ1n) is 12.5. The molecule has 4 aliphatic carbocycles. The summed E-state index contributed by atoms with van der Waals surface area (Å²) in [5, 5.41) is 2.65. The SMILES string of the molecule is C[C@H]1CC[C@H]2[C@@H](CC[C@@H]3[C@@H]2CC[C@]2(C)[C@@H](c4ccc5ccncc5c4)CC[C@@H]32)C1. The maximum Gasteiger partial charge on any atom is 0.0346 e. The number of benzene rings is 1. The number of rotatable bonds is 1. The van der Waals surface area contributed by atoms with Crippen molar-refractivity contribution >= 4 is 10.8 Å². The van der Waals surface area contributed by atoms with Crippen LogP contribution in [0, 0.1) is 40.9 Å². The van der Waals surface area contributed by atoms with Crippen molar-refractivity contribution in [3.8, 4) is 0 Å².